The van der Waals surface area contributed by atoms with Gasteiger partial charge in [-0.25, -0.2) is 4.79 Å². The molecule has 0 bridgehead atoms. The standard InChI is InChI=1S/C24H20N4O3/c25-11-16-5-7-17(8-6-16)18-10-21(14-26-12-18)31-15-20(28-24(29)30)9-19-13-27-23-4-2-1-3-22(19)23/h1-8,10,12-14,20,27-28H,9,15H2,(H,29,30)/t20-/m0/s1. The van der Waals surface area contributed by atoms with Gasteiger partial charge < -0.3 is 20.1 Å². The third kappa shape index (κ3) is 4.82. The molecule has 1 amide bonds. The highest BCUT2D eigenvalue weighted by molar-refractivity contribution is 5.83. The minimum Gasteiger partial charge on any atom is -0.490 e. The van der Waals surface area contributed by atoms with Crippen LogP contribution in [0.25, 0.3) is 22.0 Å². The maximum Gasteiger partial charge on any atom is 0.405 e. The number of benzene rings is 2. The summed E-state index contributed by atoms with van der Waals surface area (Å²) in [7, 11) is 0. The third-order valence-corrected chi connectivity index (χ3v) is 4.98. The Kier molecular flexibility index (Phi) is 5.81. The van der Waals surface area contributed by atoms with E-state index in [0.717, 1.165) is 27.6 Å². The number of amides is 1. The second kappa shape index (κ2) is 9.01. The van der Waals surface area contributed by atoms with Crippen LogP contribution >= 0.6 is 0 Å². The number of fused-ring (bicyclic) bond motifs is 1. The number of carbonyl (C=O) groups is 1. The first-order valence-corrected chi connectivity index (χ1v) is 9.75. The zero-order valence-corrected chi connectivity index (χ0v) is 16.6. The van der Waals surface area contributed by atoms with Crippen LogP contribution in [0.3, 0.4) is 0 Å². The monoisotopic (exact) mass is 412 g/mol. The summed E-state index contributed by atoms with van der Waals surface area (Å²) in [6, 6.07) is 18.6. The number of nitriles is 1. The first kappa shape index (κ1) is 20.0. The summed E-state index contributed by atoms with van der Waals surface area (Å²) < 4.78 is 5.89. The number of H-pyrrole nitrogens is 1. The van der Waals surface area contributed by atoms with Crippen LogP contribution in [-0.2, 0) is 6.42 Å². The molecule has 2 aromatic heterocycles. The lowest BCUT2D eigenvalue weighted by atomic mass is 10.1. The van der Waals surface area contributed by atoms with Gasteiger partial charge in [-0.1, -0.05) is 30.3 Å². The number of rotatable bonds is 7. The fourth-order valence-electron chi connectivity index (χ4n) is 3.48. The van der Waals surface area contributed by atoms with Gasteiger partial charge in [-0.05, 0) is 41.8 Å². The molecule has 0 aliphatic carbocycles. The largest absolute Gasteiger partial charge is 0.490 e. The van der Waals surface area contributed by atoms with E-state index in [-0.39, 0.29) is 6.61 Å². The lowest BCUT2D eigenvalue weighted by Crippen LogP contribution is -2.39. The summed E-state index contributed by atoms with van der Waals surface area (Å²) in [6.07, 6.45) is 4.59. The van der Waals surface area contributed by atoms with Crippen molar-refractivity contribution >= 4 is 17.0 Å². The number of ether oxygens (including phenoxy) is 1. The second-order valence-corrected chi connectivity index (χ2v) is 7.12. The van der Waals surface area contributed by atoms with E-state index in [9.17, 15) is 9.90 Å². The molecule has 1 atom stereocenters. The molecule has 0 spiro atoms. The van der Waals surface area contributed by atoms with Crippen molar-refractivity contribution in [2.24, 2.45) is 0 Å². The van der Waals surface area contributed by atoms with E-state index in [1.807, 2.05) is 48.7 Å². The van der Waals surface area contributed by atoms with Crippen LogP contribution in [0.5, 0.6) is 5.75 Å². The summed E-state index contributed by atoms with van der Waals surface area (Å²) >= 11 is 0. The van der Waals surface area contributed by atoms with Crippen LogP contribution in [0.4, 0.5) is 4.79 Å². The predicted octanol–water partition coefficient (Wildman–Crippen LogP) is 4.36. The molecule has 0 radical (unpaired) electrons. The molecular formula is C24H20N4O3. The summed E-state index contributed by atoms with van der Waals surface area (Å²) in [5.74, 6) is 0.540. The molecule has 0 saturated heterocycles. The number of aromatic amines is 1. The average molecular weight is 412 g/mol. The molecule has 0 unspecified atom stereocenters. The Morgan fingerprint density at radius 2 is 1.97 bits per heavy atom. The Balaban J connectivity index is 1.48. The lowest BCUT2D eigenvalue weighted by molar-refractivity contribution is 0.181. The number of hydrogen-bond donors (Lipinski definition) is 3. The van der Waals surface area contributed by atoms with Crippen molar-refractivity contribution in [3.05, 3.63) is 84.3 Å². The smallest absolute Gasteiger partial charge is 0.405 e. The van der Waals surface area contributed by atoms with Gasteiger partial charge in [0, 0.05) is 28.9 Å². The molecule has 4 rings (SSSR count). The van der Waals surface area contributed by atoms with Crippen LogP contribution in [0.15, 0.2) is 73.2 Å². The molecule has 7 heteroatoms. The van der Waals surface area contributed by atoms with Gasteiger partial charge in [-0.3, -0.25) is 4.98 Å². The highest BCUT2D eigenvalue weighted by Gasteiger charge is 2.16. The first-order chi connectivity index (χ1) is 15.1. The molecule has 0 fully saturated rings. The quantitative estimate of drug-likeness (QED) is 0.418. The van der Waals surface area contributed by atoms with E-state index in [1.165, 1.54) is 0 Å². The van der Waals surface area contributed by atoms with Gasteiger partial charge in [-0.15, -0.1) is 0 Å². The maximum absolute atomic E-state index is 11.3. The van der Waals surface area contributed by atoms with Gasteiger partial charge in [0.05, 0.1) is 23.9 Å². The molecule has 31 heavy (non-hydrogen) atoms. The highest BCUT2D eigenvalue weighted by Crippen LogP contribution is 2.24. The molecule has 2 aromatic carbocycles. The van der Waals surface area contributed by atoms with E-state index in [1.54, 1.807) is 24.5 Å². The molecule has 3 N–H and O–H groups in total. The lowest BCUT2D eigenvalue weighted by Gasteiger charge is -2.18. The average Bonchev–Trinajstić information content (AvgIpc) is 3.20. The Morgan fingerprint density at radius 3 is 2.74 bits per heavy atom. The number of nitrogens with one attached hydrogen (secondary N) is 2. The zero-order chi connectivity index (χ0) is 21.6. The Morgan fingerprint density at radius 1 is 1.16 bits per heavy atom. The van der Waals surface area contributed by atoms with Gasteiger partial charge in [-0.2, -0.15) is 5.26 Å². The molecule has 154 valence electrons. The van der Waals surface area contributed by atoms with Crippen LogP contribution in [-0.4, -0.2) is 33.8 Å². The van der Waals surface area contributed by atoms with Gasteiger partial charge >= 0.3 is 6.09 Å². The molecule has 0 aliphatic rings. The zero-order valence-electron chi connectivity index (χ0n) is 16.6. The van der Waals surface area contributed by atoms with E-state index < -0.39 is 12.1 Å². The number of para-hydroxylation sites is 1. The number of pyridine rings is 1. The van der Waals surface area contributed by atoms with Crippen molar-refractivity contribution in [3.8, 4) is 22.9 Å². The van der Waals surface area contributed by atoms with E-state index in [4.69, 9.17) is 10.00 Å². The van der Waals surface area contributed by atoms with Crippen molar-refractivity contribution < 1.29 is 14.6 Å². The SMILES string of the molecule is N#Cc1ccc(-c2cncc(OC[C@H](Cc3c[nH]c4ccccc34)NC(=O)O)c2)cc1. The Hall–Kier alpha value is -4.31. The molecule has 0 aliphatic heterocycles. The minimum atomic E-state index is -1.10. The summed E-state index contributed by atoms with van der Waals surface area (Å²) in [6.45, 7) is 0.157. The summed E-state index contributed by atoms with van der Waals surface area (Å²) in [5.41, 5.74) is 4.37. The molecule has 7 nitrogen and oxygen atoms in total. The topological polar surface area (TPSA) is 111 Å². The van der Waals surface area contributed by atoms with Crippen molar-refractivity contribution in [2.45, 2.75) is 12.5 Å². The van der Waals surface area contributed by atoms with Crippen LogP contribution in [0.1, 0.15) is 11.1 Å². The van der Waals surface area contributed by atoms with Crippen molar-refractivity contribution in [1.29, 1.82) is 5.26 Å². The molecular weight excluding hydrogens is 392 g/mol. The Bertz CT molecular complexity index is 1240. The van der Waals surface area contributed by atoms with Crippen molar-refractivity contribution in [2.75, 3.05) is 6.61 Å². The molecule has 0 saturated carbocycles. The first-order valence-electron chi connectivity index (χ1n) is 9.75. The third-order valence-electron chi connectivity index (χ3n) is 4.98. The van der Waals surface area contributed by atoms with Crippen LogP contribution in [0, 0.1) is 11.3 Å². The fraction of sp³-hybridized carbons (Fsp3) is 0.125. The van der Waals surface area contributed by atoms with Crippen LogP contribution < -0.4 is 10.1 Å². The molecule has 2 heterocycles. The number of aromatic nitrogens is 2. The van der Waals surface area contributed by atoms with Gasteiger partial charge in [0.15, 0.2) is 0 Å². The highest BCUT2D eigenvalue weighted by atomic mass is 16.5. The summed E-state index contributed by atoms with van der Waals surface area (Å²) in [5, 5.41) is 21.8. The number of nitrogens with zero attached hydrogens (tertiary/aromatic N) is 2. The van der Waals surface area contributed by atoms with Crippen LogP contribution in [0.2, 0.25) is 0 Å². The normalized spacial score (nSPS) is 11.6. The molecule has 4 aromatic rings. The van der Waals surface area contributed by atoms with E-state index in [0.29, 0.717) is 17.7 Å². The van der Waals surface area contributed by atoms with E-state index in [2.05, 4.69) is 21.4 Å². The second-order valence-electron chi connectivity index (χ2n) is 7.12. The van der Waals surface area contributed by atoms with Gasteiger partial charge in [0.2, 0.25) is 0 Å². The van der Waals surface area contributed by atoms with Crippen molar-refractivity contribution in [3.63, 3.8) is 0 Å². The van der Waals surface area contributed by atoms with Gasteiger partial charge in [0.1, 0.15) is 12.4 Å². The maximum atomic E-state index is 11.3. The minimum absolute atomic E-state index is 0.157. The fourth-order valence-corrected chi connectivity index (χ4v) is 3.48. The van der Waals surface area contributed by atoms with E-state index >= 15 is 0 Å². The number of carboxylic acid groups (broad SMARTS) is 1. The predicted molar refractivity (Wildman–Crippen MR) is 117 cm³/mol. The number of hydrogen-bond acceptors (Lipinski definition) is 4. The Labute approximate surface area is 178 Å². The van der Waals surface area contributed by atoms with Gasteiger partial charge in [0.25, 0.3) is 0 Å². The summed E-state index contributed by atoms with van der Waals surface area (Å²) in [4.78, 5) is 18.7. The van der Waals surface area contributed by atoms with Crippen molar-refractivity contribution in [1.82, 2.24) is 15.3 Å².